The number of allylic oxidation sites excluding steroid dienone is 1. The lowest BCUT2D eigenvalue weighted by Crippen LogP contribution is -2.48. The number of carbonyl (C=O) groups is 4. The molecule has 3 amide bonds. The minimum atomic E-state index is -4.57. The number of hydrogen-bond acceptors (Lipinski definition) is 12. The highest BCUT2D eigenvalue weighted by Crippen LogP contribution is 2.57. The normalized spacial score (nSPS) is 21.7. The highest BCUT2D eigenvalue weighted by Gasteiger charge is 2.61. The van der Waals surface area contributed by atoms with E-state index in [1.807, 2.05) is 34.6 Å². The van der Waals surface area contributed by atoms with E-state index >= 15 is 4.79 Å². The molecule has 2 saturated carbocycles. The van der Waals surface area contributed by atoms with E-state index in [0.29, 0.717) is 34.3 Å². The lowest BCUT2D eigenvalue weighted by atomic mass is 9.77. The number of amides is 3. The predicted octanol–water partition coefficient (Wildman–Crippen LogP) is 7.67. The number of furan rings is 1. The SMILES string of the molecule is C=C[C@@H]1C[C@]1(CC(=O)[C@@H]1C[C@@H](Oc2nc(-c3ccc(C(F)(F)F)cc3)nc3c2oc2ccccc23)CN1C(=O)[C@@H](Cc1nc(C(=O)NC(C)C)cs1)C(C)(C)C)C(=O)NS(=O)(=O)C1CC1. The molecule has 3 fully saturated rings. The summed E-state index contributed by atoms with van der Waals surface area (Å²) in [5, 5.41) is 4.90. The van der Waals surface area contributed by atoms with Crippen LogP contribution in [0.4, 0.5) is 13.2 Å². The lowest BCUT2D eigenvalue weighted by molar-refractivity contribution is -0.144. The average molecular weight is 935 g/mol. The molecule has 0 spiro atoms. The van der Waals surface area contributed by atoms with Gasteiger partial charge in [-0.1, -0.05) is 51.1 Å². The number of alkyl halides is 3. The molecule has 2 aliphatic carbocycles. The summed E-state index contributed by atoms with van der Waals surface area (Å²) in [6, 6.07) is 10.1. The summed E-state index contributed by atoms with van der Waals surface area (Å²) in [7, 11) is -3.94. The molecule has 14 nitrogen and oxygen atoms in total. The second-order valence-corrected chi connectivity index (χ2v) is 21.5. The summed E-state index contributed by atoms with van der Waals surface area (Å²) in [5.41, 5.74) is -1.55. The van der Waals surface area contributed by atoms with Gasteiger partial charge in [0.1, 0.15) is 22.9 Å². The molecule has 0 unspecified atom stereocenters. The highest BCUT2D eigenvalue weighted by molar-refractivity contribution is 7.90. The number of likely N-dealkylation sites (tertiary alicyclic amines) is 1. The van der Waals surface area contributed by atoms with Crippen molar-refractivity contribution in [2.75, 3.05) is 6.54 Å². The van der Waals surface area contributed by atoms with Crippen LogP contribution in [-0.2, 0) is 37.0 Å². The third-order valence-corrected chi connectivity index (χ3v) is 15.0. The molecule has 2 N–H and O–H groups in total. The van der Waals surface area contributed by atoms with Crippen molar-refractivity contribution in [3.8, 4) is 17.3 Å². The van der Waals surface area contributed by atoms with Crippen molar-refractivity contribution < 1.29 is 49.9 Å². The van der Waals surface area contributed by atoms with E-state index in [4.69, 9.17) is 9.15 Å². The van der Waals surface area contributed by atoms with Crippen molar-refractivity contribution in [3.63, 3.8) is 0 Å². The predicted molar refractivity (Wildman–Crippen MR) is 236 cm³/mol. The van der Waals surface area contributed by atoms with Gasteiger partial charge in [-0.3, -0.25) is 23.9 Å². The van der Waals surface area contributed by atoms with Gasteiger partial charge in [0.05, 0.1) is 33.8 Å². The number of para-hydroxylation sites is 1. The number of rotatable bonds is 15. The summed E-state index contributed by atoms with van der Waals surface area (Å²) in [6.07, 6.45) is -3.19. The topological polar surface area (TPSA) is 191 Å². The van der Waals surface area contributed by atoms with Crippen LogP contribution in [0.25, 0.3) is 33.5 Å². The summed E-state index contributed by atoms with van der Waals surface area (Å²) in [4.78, 5) is 71.7. The minimum absolute atomic E-state index is 0.0438. The van der Waals surface area contributed by atoms with Gasteiger partial charge in [0, 0.05) is 47.6 Å². The zero-order valence-corrected chi connectivity index (χ0v) is 38.0. The highest BCUT2D eigenvalue weighted by atomic mass is 32.2. The zero-order valence-electron chi connectivity index (χ0n) is 36.4. The number of fused-ring (bicyclic) bond motifs is 3. The number of carbonyl (C=O) groups excluding carboxylic acids is 4. The fourth-order valence-corrected chi connectivity index (χ4v) is 10.7. The number of benzene rings is 2. The summed E-state index contributed by atoms with van der Waals surface area (Å²) in [5.74, 6) is -3.30. The number of thiazole rings is 1. The number of halogens is 3. The smallest absolute Gasteiger partial charge is 0.416 e. The van der Waals surface area contributed by atoms with Crippen LogP contribution in [0.5, 0.6) is 5.88 Å². The Balaban J connectivity index is 1.14. The number of nitrogens with one attached hydrogen (secondary N) is 2. The number of sulfonamides is 1. The van der Waals surface area contributed by atoms with Gasteiger partial charge in [-0.25, -0.2) is 18.4 Å². The van der Waals surface area contributed by atoms with E-state index < -0.39 is 79.4 Å². The number of ketones is 1. The molecule has 2 aromatic carbocycles. The monoisotopic (exact) mass is 934 g/mol. The third-order valence-electron chi connectivity index (χ3n) is 12.3. The third kappa shape index (κ3) is 9.39. The summed E-state index contributed by atoms with van der Waals surface area (Å²) in [6.45, 7) is 13.0. The molecule has 5 aromatic rings. The first-order valence-electron chi connectivity index (χ1n) is 21.4. The number of nitrogens with zero attached hydrogens (tertiary/aromatic N) is 4. The summed E-state index contributed by atoms with van der Waals surface area (Å²) < 4.78 is 81.3. The van der Waals surface area contributed by atoms with E-state index in [1.165, 1.54) is 34.4 Å². The molecule has 19 heteroatoms. The molecule has 65 heavy (non-hydrogen) atoms. The second kappa shape index (κ2) is 16.9. The quantitative estimate of drug-likeness (QED) is 0.0980. The maximum absolute atomic E-state index is 15.1. The lowest BCUT2D eigenvalue weighted by Gasteiger charge is -2.35. The first-order valence-corrected chi connectivity index (χ1v) is 23.8. The van der Waals surface area contributed by atoms with Crippen molar-refractivity contribution in [1.82, 2.24) is 29.9 Å². The maximum atomic E-state index is 15.1. The first kappa shape index (κ1) is 45.9. The van der Waals surface area contributed by atoms with Crippen LogP contribution in [0.15, 0.2) is 71.0 Å². The van der Waals surface area contributed by atoms with E-state index in [1.54, 1.807) is 29.6 Å². The Morgan fingerprint density at radius 1 is 1.05 bits per heavy atom. The van der Waals surface area contributed by atoms with Gasteiger partial charge in [-0.05, 0) is 68.7 Å². The Kier molecular flexibility index (Phi) is 12.0. The molecule has 1 aliphatic heterocycles. The average Bonchev–Trinajstić information content (AvgIpc) is 4.07. The second-order valence-electron chi connectivity index (χ2n) is 18.6. The number of hydrogen-bond donors (Lipinski definition) is 2. The molecule has 0 radical (unpaired) electrons. The standard InChI is InChI=1S/C46H49F3N6O8S2/c1-7-26-20-45(26,43(59)54-65(60,61)29-16-17-29)21-34(56)33-18-28(22-55(33)42(58)31(44(4,5)6)19-36-51-32(23-64-36)40(57)50-24(2)3)62-41-38-37(30-10-8-9-11-35(30)63-38)52-39(53-41)25-12-14-27(15-13-25)46(47,48)49/h7-15,23-24,26,28-29,31,33H,1,16-22H2,2-6H3,(H,50,57)(H,54,59)/t26-,28-,31-,33+,45-/m1/s1. The number of ether oxygens (including phenoxy) is 1. The molecule has 0 bridgehead atoms. The largest absolute Gasteiger partial charge is 0.470 e. The molecule has 8 rings (SSSR count). The molecule has 1 saturated heterocycles. The molecule has 5 atom stereocenters. The van der Waals surface area contributed by atoms with Crippen LogP contribution < -0.4 is 14.8 Å². The first-order chi connectivity index (χ1) is 30.6. The van der Waals surface area contributed by atoms with E-state index in [9.17, 15) is 36.0 Å². The molecular formula is C46H49F3N6O8S2. The van der Waals surface area contributed by atoms with Crippen LogP contribution in [0.2, 0.25) is 0 Å². The van der Waals surface area contributed by atoms with Crippen molar-refractivity contribution in [2.24, 2.45) is 22.7 Å². The Bertz CT molecular complexity index is 2810. The van der Waals surface area contributed by atoms with E-state index in [0.717, 1.165) is 12.1 Å². The zero-order chi connectivity index (χ0) is 46.8. The number of aromatic nitrogens is 3. The van der Waals surface area contributed by atoms with E-state index in [2.05, 4.69) is 31.6 Å². The van der Waals surface area contributed by atoms with Crippen molar-refractivity contribution >= 4 is 66.9 Å². The van der Waals surface area contributed by atoms with Crippen molar-refractivity contribution in [2.45, 2.75) is 103 Å². The van der Waals surface area contributed by atoms with Crippen LogP contribution in [-0.4, -0.2) is 81.8 Å². The van der Waals surface area contributed by atoms with Gasteiger partial charge in [0.25, 0.3) is 11.8 Å². The summed E-state index contributed by atoms with van der Waals surface area (Å²) >= 11 is 1.24. The molecular weight excluding hydrogens is 886 g/mol. The molecule has 3 aliphatic rings. The van der Waals surface area contributed by atoms with Gasteiger partial charge in [0.2, 0.25) is 27.4 Å². The Morgan fingerprint density at radius 2 is 1.75 bits per heavy atom. The molecule has 344 valence electrons. The van der Waals surface area contributed by atoms with E-state index in [-0.39, 0.29) is 72.7 Å². The van der Waals surface area contributed by atoms with Crippen LogP contribution in [0.3, 0.4) is 0 Å². The Morgan fingerprint density at radius 3 is 2.38 bits per heavy atom. The fraction of sp³-hybridized carbons (Fsp3) is 0.457. The van der Waals surface area contributed by atoms with Crippen LogP contribution in [0, 0.1) is 22.7 Å². The van der Waals surface area contributed by atoms with Gasteiger partial charge in [-0.2, -0.15) is 18.2 Å². The van der Waals surface area contributed by atoms with Crippen molar-refractivity contribution in [1.29, 1.82) is 0 Å². The van der Waals surface area contributed by atoms with Gasteiger partial charge >= 0.3 is 6.18 Å². The Hall–Kier alpha value is -5.69. The molecule has 3 aromatic heterocycles. The van der Waals surface area contributed by atoms with Gasteiger partial charge in [0.15, 0.2) is 11.6 Å². The van der Waals surface area contributed by atoms with Crippen LogP contribution >= 0.6 is 11.3 Å². The van der Waals surface area contributed by atoms with Gasteiger partial charge < -0.3 is 19.4 Å². The number of Topliss-reactive ketones (excluding diaryl/α,β-unsaturated/α-hetero) is 1. The van der Waals surface area contributed by atoms with Crippen molar-refractivity contribution in [3.05, 3.63) is 82.8 Å². The fourth-order valence-electron chi connectivity index (χ4n) is 8.46. The van der Waals surface area contributed by atoms with Crippen LogP contribution in [0.1, 0.15) is 87.8 Å². The Labute approximate surface area is 377 Å². The molecule has 4 heterocycles. The van der Waals surface area contributed by atoms with Gasteiger partial charge in [-0.15, -0.1) is 17.9 Å². The maximum Gasteiger partial charge on any atom is 0.416 e. The minimum Gasteiger partial charge on any atom is -0.470 e.